The molecule has 2 N–H and O–H groups in total. The predicted molar refractivity (Wildman–Crippen MR) is 89.1 cm³/mol. The third kappa shape index (κ3) is 5.46. The molecule has 0 unspecified atom stereocenters. The Morgan fingerprint density at radius 1 is 1.10 bits per heavy atom. The second kappa shape index (κ2) is 8.12. The maximum atomic E-state index is 9.10. The van der Waals surface area contributed by atoms with Gasteiger partial charge in [0.15, 0.2) is 0 Å². The Morgan fingerprint density at radius 2 is 1.90 bits per heavy atom. The van der Waals surface area contributed by atoms with Crippen molar-refractivity contribution < 1.29 is 14.8 Å². The second-order valence-electron chi connectivity index (χ2n) is 4.84. The van der Waals surface area contributed by atoms with E-state index < -0.39 is 7.12 Å². The summed E-state index contributed by atoms with van der Waals surface area (Å²) in [6, 6.07) is 15.4. The molecule has 2 aromatic rings. The van der Waals surface area contributed by atoms with Gasteiger partial charge in [0.2, 0.25) is 0 Å². The molecule has 0 aliphatic heterocycles. The van der Waals surface area contributed by atoms with Gasteiger partial charge in [-0.3, -0.25) is 0 Å². The summed E-state index contributed by atoms with van der Waals surface area (Å²) >= 11 is 1.82. The van der Waals surface area contributed by atoms with Gasteiger partial charge < -0.3 is 14.8 Å². The first-order chi connectivity index (χ1) is 10.1. The number of ether oxygens (including phenoxy) is 1. The van der Waals surface area contributed by atoms with Crippen molar-refractivity contribution in [2.75, 3.05) is 12.4 Å². The molecule has 110 valence electrons. The van der Waals surface area contributed by atoms with Crippen molar-refractivity contribution in [2.24, 2.45) is 0 Å². The van der Waals surface area contributed by atoms with Gasteiger partial charge in [0, 0.05) is 11.5 Å². The molecule has 0 saturated heterocycles. The van der Waals surface area contributed by atoms with Crippen LogP contribution in [0.4, 0.5) is 0 Å². The Bertz CT molecular complexity index is 575. The Kier molecular flexibility index (Phi) is 6.17. The molecule has 0 bridgehead atoms. The minimum atomic E-state index is -1.45. The van der Waals surface area contributed by atoms with Crippen LogP contribution in [0.1, 0.15) is 11.1 Å². The van der Waals surface area contributed by atoms with E-state index in [0.29, 0.717) is 17.8 Å². The molecule has 21 heavy (non-hydrogen) atoms. The average molecular weight is 302 g/mol. The monoisotopic (exact) mass is 302 g/mol. The largest absolute Gasteiger partial charge is 0.493 e. The molecule has 2 aromatic carbocycles. The van der Waals surface area contributed by atoms with E-state index in [4.69, 9.17) is 14.8 Å². The zero-order valence-electron chi connectivity index (χ0n) is 12.0. The lowest BCUT2D eigenvalue weighted by Crippen LogP contribution is -2.29. The average Bonchev–Trinajstić information content (AvgIpc) is 2.47. The number of thioether (sulfide) groups is 1. The van der Waals surface area contributed by atoms with Crippen molar-refractivity contribution in [3.05, 3.63) is 59.7 Å². The highest BCUT2D eigenvalue weighted by Gasteiger charge is 2.10. The summed E-state index contributed by atoms with van der Waals surface area (Å²) in [6.07, 6.45) is 0. The third-order valence-electron chi connectivity index (χ3n) is 3.00. The highest BCUT2D eigenvalue weighted by Crippen LogP contribution is 2.14. The van der Waals surface area contributed by atoms with Gasteiger partial charge in [-0.05, 0) is 30.1 Å². The van der Waals surface area contributed by atoms with E-state index in [1.165, 1.54) is 11.1 Å². The van der Waals surface area contributed by atoms with Crippen molar-refractivity contribution in [1.29, 1.82) is 0 Å². The van der Waals surface area contributed by atoms with Crippen LogP contribution in [0.3, 0.4) is 0 Å². The SMILES string of the molecule is Cc1cccc(CSCCOc2cccc(B(O)O)c2)c1. The van der Waals surface area contributed by atoms with Gasteiger partial charge >= 0.3 is 7.12 Å². The fourth-order valence-electron chi connectivity index (χ4n) is 1.98. The first-order valence-corrected chi connectivity index (χ1v) is 8.03. The van der Waals surface area contributed by atoms with E-state index in [-0.39, 0.29) is 0 Å². The van der Waals surface area contributed by atoms with E-state index in [2.05, 4.69) is 31.2 Å². The molecule has 5 heteroatoms. The van der Waals surface area contributed by atoms with E-state index in [9.17, 15) is 0 Å². The quantitative estimate of drug-likeness (QED) is 0.606. The Morgan fingerprint density at radius 3 is 2.67 bits per heavy atom. The van der Waals surface area contributed by atoms with Crippen LogP contribution in [-0.4, -0.2) is 29.5 Å². The molecule has 0 atom stereocenters. The normalized spacial score (nSPS) is 10.4. The van der Waals surface area contributed by atoms with Gasteiger partial charge in [0.25, 0.3) is 0 Å². The summed E-state index contributed by atoms with van der Waals surface area (Å²) in [5, 5.41) is 18.2. The lowest BCUT2D eigenvalue weighted by atomic mass is 9.80. The molecule has 0 radical (unpaired) electrons. The van der Waals surface area contributed by atoms with Crippen molar-refractivity contribution in [3.63, 3.8) is 0 Å². The fourth-order valence-corrected chi connectivity index (χ4v) is 2.74. The van der Waals surface area contributed by atoms with Gasteiger partial charge in [-0.25, -0.2) is 0 Å². The van der Waals surface area contributed by atoms with Crippen molar-refractivity contribution in [1.82, 2.24) is 0 Å². The fraction of sp³-hybridized carbons (Fsp3) is 0.250. The number of rotatable bonds is 7. The van der Waals surface area contributed by atoms with Crippen molar-refractivity contribution in [2.45, 2.75) is 12.7 Å². The van der Waals surface area contributed by atoms with Gasteiger partial charge in [0.1, 0.15) is 5.75 Å². The smallest absolute Gasteiger partial charge is 0.488 e. The Hall–Kier alpha value is -1.43. The molecule has 2 rings (SSSR count). The van der Waals surface area contributed by atoms with Crippen LogP contribution in [0, 0.1) is 6.92 Å². The van der Waals surface area contributed by atoms with Gasteiger partial charge in [-0.2, -0.15) is 11.8 Å². The summed E-state index contributed by atoms with van der Waals surface area (Å²) in [4.78, 5) is 0. The maximum Gasteiger partial charge on any atom is 0.488 e. The first kappa shape index (κ1) is 16.0. The van der Waals surface area contributed by atoms with E-state index in [0.717, 1.165) is 11.5 Å². The van der Waals surface area contributed by atoms with Crippen LogP contribution >= 0.6 is 11.8 Å². The minimum absolute atomic E-state index is 0.444. The summed E-state index contributed by atoms with van der Waals surface area (Å²) in [7, 11) is -1.45. The number of aryl methyl sites for hydroxylation is 1. The van der Waals surface area contributed by atoms with Crippen LogP contribution in [0.25, 0.3) is 0 Å². The molecular weight excluding hydrogens is 283 g/mol. The summed E-state index contributed by atoms with van der Waals surface area (Å²) in [5.41, 5.74) is 3.05. The topological polar surface area (TPSA) is 49.7 Å². The molecule has 0 aromatic heterocycles. The van der Waals surface area contributed by atoms with Crippen molar-refractivity contribution in [3.8, 4) is 5.75 Å². The molecule has 0 amide bonds. The summed E-state index contributed by atoms with van der Waals surface area (Å²) in [6.45, 7) is 2.70. The molecule has 0 heterocycles. The maximum absolute atomic E-state index is 9.10. The zero-order valence-corrected chi connectivity index (χ0v) is 12.8. The van der Waals surface area contributed by atoms with Crippen LogP contribution < -0.4 is 10.2 Å². The molecule has 0 fully saturated rings. The molecule has 0 spiro atoms. The Labute approximate surface area is 130 Å². The summed E-state index contributed by atoms with van der Waals surface area (Å²) in [5.74, 6) is 2.53. The van der Waals surface area contributed by atoms with Crippen LogP contribution in [0.15, 0.2) is 48.5 Å². The standard InChI is InChI=1S/C16H19BO3S/c1-13-4-2-5-14(10-13)12-21-9-8-20-16-7-3-6-15(11-16)17(18)19/h2-7,10-11,18-19H,8-9,12H2,1H3. The molecule has 0 aliphatic rings. The molecule has 3 nitrogen and oxygen atoms in total. The molecular formula is C16H19BO3S. The number of benzene rings is 2. The Balaban J connectivity index is 1.71. The zero-order chi connectivity index (χ0) is 15.1. The van der Waals surface area contributed by atoms with Gasteiger partial charge in [-0.15, -0.1) is 0 Å². The molecule has 0 aliphatic carbocycles. The van der Waals surface area contributed by atoms with E-state index >= 15 is 0 Å². The van der Waals surface area contributed by atoms with Crippen molar-refractivity contribution >= 4 is 24.3 Å². The minimum Gasteiger partial charge on any atom is -0.493 e. The van der Waals surface area contributed by atoms with Gasteiger partial charge in [-0.1, -0.05) is 42.0 Å². The van der Waals surface area contributed by atoms with Crippen LogP contribution in [0.5, 0.6) is 5.75 Å². The van der Waals surface area contributed by atoms with E-state index in [1.54, 1.807) is 18.2 Å². The highest BCUT2D eigenvalue weighted by atomic mass is 32.2. The van der Waals surface area contributed by atoms with E-state index in [1.807, 2.05) is 17.8 Å². The molecule has 0 saturated carbocycles. The highest BCUT2D eigenvalue weighted by molar-refractivity contribution is 7.98. The van der Waals surface area contributed by atoms with Crippen LogP contribution in [0.2, 0.25) is 0 Å². The number of hydrogen-bond acceptors (Lipinski definition) is 4. The van der Waals surface area contributed by atoms with Gasteiger partial charge in [0.05, 0.1) is 6.61 Å². The summed E-state index contributed by atoms with van der Waals surface area (Å²) < 4.78 is 5.62. The lowest BCUT2D eigenvalue weighted by Gasteiger charge is -2.08. The number of hydrogen-bond donors (Lipinski definition) is 2. The predicted octanol–water partition coefficient (Wildman–Crippen LogP) is 1.99. The third-order valence-corrected chi connectivity index (χ3v) is 4.00. The lowest BCUT2D eigenvalue weighted by molar-refractivity contribution is 0.344. The first-order valence-electron chi connectivity index (χ1n) is 6.87. The van der Waals surface area contributed by atoms with Crippen LogP contribution in [-0.2, 0) is 5.75 Å². The second-order valence-corrected chi connectivity index (χ2v) is 5.94.